The highest BCUT2D eigenvalue weighted by atomic mass is 35.5. The van der Waals surface area contributed by atoms with Gasteiger partial charge in [-0.15, -0.1) is 0 Å². The normalized spacial score (nSPS) is 10.7. The fourth-order valence-electron chi connectivity index (χ4n) is 1.62. The first-order valence-corrected chi connectivity index (χ1v) is 6.16. The topological polar surface area (TPSA) is 92.8 Å². The van der Waals surface area contributed by atoms with Gasteiger partial charge < -0.3 is 5.11 Å². The quantitative estimate of drug-likeness (QED) is 0.529. The lowest BCUT2D eigenvalue weighted by Crippen LogP contribution is -1.94. The van der Waals surface area contributed by atoms with Crippen molar-refractivity contribution in [1.29, 1.82) is 0 Å². The molecule has 0 saturated heterocycles. The number of hydrogen-bond donors (Lipinski definition) is 1. The number of aliphatic imine (C=N–C) groups is 1. The van der Waals surface area contributed by atoms with Crippen LogP contribution in [0.2, 0.25) is 5.02 Å². The average Bonchev–Trinajstić information content (AvgIpc) is 2.46. The maximum Gasteiger partial charge on any atom is 0.335 e. The third-order valence-electron chi connectivity index (χ3n) is 2.62. The van der Waals surface area contributed by atoms with Crippen LogP contribution in [0.5, 0.6) is 0 Å². The largest absolute Gasteiger partial charge is 0.478 e. The van der Waals surface area contributed by atoms with E-state index < -0.39 is 10.9 Å². The Bertz CT molecular complexity index is 744. The highest BCUT2D eigenvalue weighted by Crippen LogP contribution is 2.24. The fourth-order valence-corrected chi connectivity index (χ4v) is 1.80. The van der Waals surface area contributed by atoms with E-state index in [1.165, 1.54) is 30.5 Å². The van der Waals surface area contributed by atoms with Gasteiger partial charge in [0.05, 0.1) is 16.2 Å². The first-order chi connectivity index (χ1) is 9.97. The van der Waals surface area contributed by atoms with E-state index in [0.29, 0.717) is 11.3 Å². The summed E-state index contributed by atoms with van der Waals surface area (Å²) in [5.41, 5.74) is 0.839. The second-order valence-corrected chi connectivity index (χ2v) is 4.49. The molecule has 0 bridgehead atoms. The van der Waals surface area contributed by atoms with Crippen molar-refractivity contribution in [3.63, 3.8) is 0 Å². The maximum atomic E-state index is 10.8. The van der Waals surface area contributed by atoms with Crippen LogP contribution >= 0.6 is 11.6 Å². The molecule has 0 radical (unpaired) electrons. The highest BCUT2D eigenvalue weighted by Gasteiger charge is 2.11. The standard InChI is InChI=1S/C14H9ClN2O4/c15-12-5-4-9(6-13(12)17(20)21)8-16-11-3-1-2-10(7-11)14(18)19/h1-8H,(H,18,19). The summed E-state index contributed by atoms with van der Waals surface area (Å²) in [5.74, 6) is -1.05. The van der Waals surface area contributed by atoms with E-state index in [0.717, 1.165) is 0 Å². The van der Waals surface area contributed by atoms with Crippen molar-refractivity contribution >= 4 is 35.2 Å². The summed E-state index contributed by atoms with van der Waals surface area (Å²) in [6, 6.07) is 10.4. The first-order valence-electron chi connectivity index (χ1n) is 5.79. The Balaban J connectivity index is 2.29. The van der Waals surface area contributed by atoms with Crippen molar-refractivity contribution in [2.45, 2.75) is 0 Å². The molecule has 0 atom stereocenters. The van der Waals surface area contributed by atoms with Crippen molar-refractivity contribution in [2.75, 3.05) is 0 Å². The van der Waals surface area contributed by atoms with E-state index in [-0.39, 0.29) is 16.3 Å². The lowest BCUT2D eigenvalue weighted by atomic mass is 10.2. The number of nitrogens with zero attached hydrogens (tertiary/aromatic N) is 2. The molecule has 0 unspecified atom stereocenters. The number of rotatable bonds is 4. The Morgan fingerprint density at radius 1 is 1.29 bits per heavy atom. The van der Waals surface area contributed by atoms with Crippen molar-refractivity contribution < 1.29 is 14.8 Å². The number of carboxylic acids is 1. The molecule has 0 spiro atoms. The van der Waals surface area contributed by atoms with E-state index in [9.17, 15) is 14.9 Å². The van der Waals surface area contributed by atoms with Gasteiger partial charge in [-0.3, -0.25) is 15.1 Å². The molecule has 106 valence electrons. The Morgan fingerprint density at radius 2 is 2.05 bits per heavy atom. The number of hydrogen-bond acceptors (Lipinski definition) is 4. The van der Waals surface area contributed by atoms with Gasteiger partial charge in [0.1, 0.15) is 5.02 Å². The van der Waals surface area contributed by atoms with Gasteiger partial charge in [0.2, 0.25) is 0 Å². The third-order valence-corrected chi connectivity index (χ3v) is 2.94. The lowest BCUT2D eigenvalue weighted by molar-refractivity contribution is -0.384. The molecule has 7 heteroatoms. The predicted octanol–water partition coefficient (Wildman–Crippen LogP) is 3.70. The minimum atomic E-state index is -1.05. The van der Waals surface area contributed by atoms with Crippen LogP contribution in [0.4, 0.5) is 11.4 Å². The summed E-state index contributed by atoms with van der Waals surface area (Å²) in [6.07, 6.45) is 1.41. The zero-order valence-electron chi connectivity index (χ0n) is 10.6. The second kappa shape index (κ2) is 6.15. The molecule has 2 rings (SSSR count). The molecule has 1 N–H and O–H groups in total. The molecular formula is C14H9ClN2O4. The molecule has 0 aliphatic carbocycles. The van der Waals surface area contributed by atoms with E-state index in [1.54, 1.807) is 18.2 Å². The van der Waals surface area contributed by atoms with Crippen LogP contribution in [0.1, 0.15) is 15.9 Å². The molecule has 0 aliphatic heterocycles. The Morgan fingerprint density at radius 3 is 2.71 bits per heavy atom. The molecule has 21 heavy (non-hydrogen) atoms. The summed E-state index contributed by atoms with van der Waals surface area (Å²) >= 11 is 5.71. The van der Waals surface area contributed by atoms with E-state index in [4.69, 9.17) is 16.7 Å². The van der Waals surface area contributed by atoms with Crippen LogP contribution in [0.15, 0.2) is 47.5 Å². The van der Waals surface area contributed by atoms with Crippen LogP contribution in [-0.2, 0) is 0 Å². The van der Waals surface area contributed by atoms with Gasteiger partial charge in [0.25, 0.3) is 5.69 Å². The average molecular weight is 305 g/mol. The molecule has 0 fully saturated rings. The molecule has 2 aromatic carbocycles. The molecule has 0 aliphatic rings. The molecule has 0 aromatic heterocycles. The summed E-state index contributed by atoms with van der Waals surface area (Å²) in [4.78, 5) is 25.1. The first kappa shape index (κ1) is 14.7. The van der Waals surface area contributed by atoms with Crippen molar-refractivity contribution in [2.24, 2.45) is 4.99 Å². The Kier molecular flexibility index (Phi) is 4.30. The van der Waals surface area contributed by atoms with Crippen molar-refractivity contribution in [3.8, 4) is 0 Å². The lowest BCUT2D eigenvalue weighted by Gasteiger charge is -1.98. The summed E-state index contributed by atoms with van der Waals surface area (Å²) in [6.45, 7) is 0. The molecule has 0 saturated carbocycles. The monoisotopic (exact) mass is 304 g/mol. The number of nitro benzene ring substituents is 1. The zero-order chi connectivity index (χ0) is 15.4. The van der Waals surface area contributed by atoms with Gasteiger partial charge in [-0.1, -0.05) is 23.7 Å². The van der Waals surface area contributed by atoms with Crippen LogP contribution in [0.25, 0.3) is 0 Å². The van der Waals surface area contributed by atoms with Gasteiger partial charge in [-0.2, -0.15) is 0 Å². The van der Waals surface area contributed by atoms with Crippen LogP contribution in [0.3, 0.4) is 0 Å². The van der Waals surface area contributed by atoms with Crippen LogP contribution in [0, 0.1) is 10.1 Å². The number of benzene rings is 2. The number of carbonyl (C=O) groups is 1. The summed E-state index contributed by atoms with van der Waals surface area (Å²) in [7, 11) is 0. The van der Waals surface area contributed by atoms with Gasteiger partial charge in [0.15, 0.2) is 0 Å². The van der Waals surface area contributed by atoms with Gasteiger partial charge >= 0.3 is 5.97 Å². The SMILES string of the molecule is O=C(O)c1cccc(N=Cc2ccc(Cl)c([N+](=O)[O-])c2)c1. The van der Waals surface area contributed by atoms with E-state index >= 15 is 0 Å². The molecule has 2 aromatic rings. The smallest absolute Gasteiger partial charge is 0.335 e. The van der Waals surface area contributed by atoms with Gasteiger partial charge in [0, 0.05) is 12.3 Å². The fraction of sp³-hybridized carbons (Fsp3) is 0. The van der Waals surface area contributed by atoms with Crippen molar-refractivity contribution in [1.82, 2.24) is 0 Å². The van der Waals surface area contributed by atoms with E-state index in [2.05, 4.69) is 4.99 Å². The highest BCUT2D eigenvalue weighted by molar-refractivity contribution is 6.32. The van der Waals surface area contributed by atoms with Crippen molar-refractivity contribution in [3.05, 3.63) is 68.7 Å². The molecule has 0 amide bonds. The Labute approximate surface area is 124 Å². The predicted molar refractivity (Wildman–Crippen MR) is 78.8 cm³/mol. The minimum Gasteiger partial charge on any atom is -0.478 e. The zero-order valence-corrected chi connectivity index (χ0v) is 11.3. The molecule has 0 heterocycles. The minimum absolute atomic E-state index is 0.0463. The molecule has 6 nitrogen and oxygen atoms in total. The second-order valence-electron chi connectivity index (χ2n) is 4.08. The number of aromatic carboxylic acids is 1. The van der Waals surface area contributed by atoms with Gasteiger partial charge in [-0.05, 0) is 29.8 Å². The van der Waals surface area contributed by atoms with Crippen LogP contribution in [-0.4, -0.2) is 22.2 Å². The summed E-state index contributed by atoms with van der Waals surface area (Å²) in [5, 5.41) is 19.7. The Hall–Kier alpha value is -2.73. The van der Waals surface area contributed by atoms with E-state index in [1.807, 2.05) is 0 Å². The summed E-state index contributed by atoms with van der Waals surface area (Å²) < 4.78 is 0. The number of halogens is 1. The molecular weight excluding hydrogens is 296 g/mol. The number of carboxylic acid groups (broad SMARTS) is 1. The number of nitro groups is 1. The maximum absolute atomic E-state index is 10.8. The third kappa shape index (κ3) is 3.64. The van der Waals surface area contributed by atoms with Crippen LogP contribution < -0.4 is 0 Å². The van der Waals surface area contributed by atoms with Gasteiger partial charge in [-0.25, -0.2) is 4.79 Å².